The number of benzene rings is 1. The lowest BCUT2D eigenvalue weighted by Crippen LogP contribution is -2.15. The highest BCUT2D eigenvalue weighted by Gasteiger charge is 2.26. The molecule has 0 saturated carbocycles. The van der Waals surface area contributed by atoms with Crippen LogP contribution in [0.25, 0.3) is 11.5 Å². The standard InChI is InChI=1S/C25H24F2N6O3/c1-3-36-16-10-19(26)17(20(27)11-16)13-33-21-6-9-35-14-18(21)23(32-33)25-29-12-22(34-2)24(31-25)30-15-4-7-28-8-5-15/h4-5,7-8,10-12H,3,6,9,13-14H2,1-2H3,(H,28,29,30,31). The van der Waals surface area contributed by atoms with Crippen molar-refractivity contribution in [1.29, 1.82) is 0 Å². The zero-order valence-electron chi connectivity index (χ0n) is 19.8. The number of pyridine rings is 1. The lowest BCUT2D eigenvalue weighted by Gasteiger charge is -2.16. The fourth-order valence-corrected chi connectivity index (χ4v) is 4.05. The molecule has 0 amide bonds. The van der Waals surface area contributed by atoms with Crippen LogP contribution in [0.5, 0.6) is 11.5 Å². The molecular formula is C25H24F2N6O3. The molecule has 1 N–H and O–H groups in total. The molecule has 0 radical (unpaired) electrons. The van der Waals surface area contributed by atoms with Crippen molar-refractivity contribution in [3.05, 3.63) is 71.3 Å². The van der Waals surface area contributed by atoms with Gasteiger partial charge >= 0.3 is 0 Å². The lowest BCUT2D eigenvalue weighted by atomic mass is 10.1. The first-order chi connectivity index (χ1) is 17.6. The molecule has 0 atom stereocenters. The molecule has 36 heavy (non-hydrogen) atoms. The zero-order valence-corrected chi connectivity index (χ0v) is 19.8. The minimum atomic E-state index is -0.694. The van der Waals surface area contributed by atoms with Crippen LogP contribution < -0.4 is 14.8 Å². The second kappa shape index (κ2) is 10.2. The van der Waals surface area contributed by atoms with Gasteiger partial charge in [0.15, 0.2) is 17.4 Å². The van der Waals surface area contributed by atoms with Crippen molar-refractivity contribution in [3.63, 3.8) is 0 Å². The van der Waals surface area contributed by atoms with E-state index in [4.69, 9.17) is 14.2 Å². The van der Waals surface area contributed by atoms with E-state index in [0.717, 1.165) is 16.9 Å². The fourth-order valence-electron chi connectivity index (χ4n) is 4.05. The van der Waals surface area contributed by atoms with Gasteiger partial charge in [-0.05, 0) is 19.1 Å². The van der Waals surface area contributed by atoms with Crippen LogP contribution in [0, 0.1) is 11.6 Å². The number of ether oxygens (including phenoxy) is 3. The van der Waals surface area contributed by atoms with E-state index in [-0.39, 0.29) is 17.9 Å². The first kappa shape index (κ1) is 23.6. The van der Waals surface area contributed by atoms with Gasteiger partial charge in [0.1, 0.15) is 23.1 Å². The van der Waals surface area contributed by atoms with Crippen molar-refractivity contribution in [3.8, 4) is 23.0 Å². The molecule has 1 aromatic carbocycles. The van der Waals surface area contributed by atoms with Gasteiger partial charge in [0, 0.05) is 53.5 Å². The zero-order chi connectivity index (χ0) is 25.1. The molecule has 186 valence electrons. The van der Waals surface area contributed by atoms with Gasteiger partial charge in [-0.25, -0.2) is 18.7 Å². The van der Waals surface area contributed by atoms with Crippen LogP contribution in [-0.4, -0.2) is 45.1 Å². The molecule has 0 spiro atoms. The number of hydrogen-bond donors (Lipinski definition) is 1. The minimum absolute atomic E-state index is 0.0926. The molecule has 1 aliphatic heterocycles. The molecule has 1 aliphatic rings. The van der Waals surface area contributed by atoms with Gasteiger partial charge in [-0.15, -0.1) is 0 Å². The Hall–Kier alpha value is -4.12. The van der Waals surface area contributed by atoms with E-state index in [9.17, 15) is 8.78 Å². The van der Waals surface area contributed by atoms with E-state index in [1.54, 1.807) is 42.3 Å². The van der Waals surface area contributed by atoms with E-state index in [1.165, 1.54) is 19.2 Å². The molecule has 0 fully saturated rings. The Balaban J connectivity index is 1.53. The van der Waals surface area contributed by atoms with Crippen molar-refractivity contribution in [1.82, 2.24) is 24.7 Å². The summed E-state index contributed by atoms with van der Waals surface area (Å²) in [4.78, 5) is 13.1. The van der Waals surface area contributed by atoms with E-state index in [2.05, 4.69) is 25.4 Å². The normalized spacial score (nSPS) is 12.8. The second-order valence-electron chi connectivity index (χ2n) is 8.00. The van der Waals surface area contributed by atoms with Gasteiger partial charge in [-0.1, -0.05) is 0 Å². The van der Waals surface area contributed by atoms with Crippen LogP contribution >= 0.6 is 0 Å². The maximum Gasteiger partial charge on any atom is 0.182 e. The molecule has 4 aromatic rings. The summed E-state index contributed by atoms with van der Waals surface area (Å²) in [6.45, 7) is 2.74. The van der Waals surface area contributed by atoms with E-state index in [1.807, 2.05) is 0 Å². The van der Waals surface area contributed by atoms with Crippen molar-refractivity contribution in [2.24, 2.45) is 0 Å². The Labute approximate surface area is 206 Å². The van der Waals surface area contributed by atoms with Gasteiger partial charge in [0.2, 0.25) is 0 Å². The number of nitrogens with one attached hydrogen (secondary N) is 1. The number of fused-ring (bicyclic) bond motifs is 1. The second-order valence-corrected chi connectivity index (χ2v) is 8.00. The largest absolute Gasteiger partial charge is 0.494 e. The SMILES string of the molecule is CCOc1cc(F)c(Cn2nc(-c3ncc(OC)c(Nc4ccncc4)n3)c3c2CCOC3)c(F)c1. The molecule has 0 aliphatic carbocycles. The summed E-state index contributed by atoms with van der Waals surface area (Å²) in [5.41, 5.74) is 2.76. The highest BCUT2D eigenvalue weighted by Crippen LogP contribution is 2.32. The van der Waals surface area contributed by atoms with Crippen molar-refractivity contribution < 1.29 is 23.0 Å². The van der Waals surface area contributed by atoms with Gasteiger partial charge in [0.25, 0.3) is 0 Å². The molecule has 0 bridgehead atoms. The molecule has 4 heterocycles. The van der Waals surface area contributed by atoms with Gasteiger partial charge < -0.3 is 19.5 Å². The number of aromatic nitrogens is 5. The number of halogens is 2. The first-order valence-corrected chi connectivity index (χ1v) is 11.4. The first-order valence-electron chi connectivity index (χ1n) is 11.4. The lowest BCUT2D eigenvalue weighted by molar-refractivity contribution is 0.109. The van der Waals surface area contributed by atoms with Crippen LogP contribution in [0.3, 0.4) is 0 Å². The smallest absolute Gasteiger partial charge is 0.182 e. The van der Waals surface area contributed by atoms with Crippen LogP contribution in [-0.2, 0) is 24.3 Å². The Morgan fingerprint density at radius 3 is 2.67 bits per heavy atom. The summed E-state index contributed by atoms with van der Waals surface area (Å²) >= 11 is 0. The molecule has 0 saturated heterocycles. The highest BCUT2D eigenvalue weighted by atomic mass is 19.1. The summed E-state index contributed by atoms with van der Waals surface area (Å²) in [6, 6.07) is 5.97. The monoisotopic (exact) mass is 494 g/mol. The molecule has 5 rings (SSSR count). The third-order valence-corrected chi connectivity index (χ3v) is 5.76. The van der Waals surface area contributed by atoms with E-state index < -0.39 is 11.6 Å². The van der Waals surface area contributed by atoms with Crippen molar-refractivity contribution in [2.75, 3.05) is 25.6 Å². The third-order valence-electron chi connectivity index (χ3n) is 5.76. The maximum atomic E-state index is 14.8. The average molecular weight is 495 g/mol. The Morgan fingerprint density at radius 2 is 1.94 bits per heavy atom. The van der Waals surface area contributed by atoms with E-state index >= 15 is 0 Å². The minimum Gasteiger partial charge on any atom is -0.494 e. The molecule has 9 nitrogen and oxygen atoms in total. The quantitative estimate of drug-likeness (QED) is 0.388. The number of nitrogens with zero attached hydrogens (tertiary/aromatic N) is 5. The average Bonchev–Trinajstić information content (AvgIpc) is 3.25. The predicted molar refractivity (Wildman–Crippen MR) is 127 cm³/mol. The van der Waals surface area contributed by atoms with Crippen molar-refractivity contribution >= 4 is 11.5 Å². The summed E-state index contributed by atoms with van der Waals surface area (Å²) in [5, 5.41) is 7.87. The fraction of sp³-hybridized carbons (Fsp3) is 0.280. The number of anilines is 2. The summed E-state index contributed by atoms with van der Waals surface area (Å²) in [6.07, 6.45) is 5.41. The number of methoxy groups -OCH3 is 1. The molecule has 3 aromatic heterocycles. The highest BCUT2D eigenvalue weighted by molar-refractivity contribution is 5.66. The van der Waals surface area contributed by atoms with Gasteiger partial charge in [-0.3, -0.25) is 9.67 Å². The predicted octanol–water partition coefficient (Wildman–Crippen LogP) is 4.29. The maximum absolute atomic E-state index is 14.8. The Morgan fingerprint density at radius 1 is 1.17 bits per heavy atom. The molecule has 11 heteroatoms. The third kappa shape index (κ3) is 4.69. The molecule has 0 unspecified atom stereocenters. The van der Waals surface area contributed by atoms with Crippen LogP contribution in [0.4, 0.5) is 20.3 Å². The Kier molecular flexibility index (Phi) is 6.72. The Bertz CT molecular complexity index is 1360. The van der Waals surface area contributed by atoms with Crippen molar-refractivity contribution in [2.45, 2.75) is 26.5 Å². The number of rotatable bonds is 8. The van der Waals surface area contributed by atoms with Gasteiger partial charge in [-0.2, -0.15) is 5.10 Å². The van der Waals surface area contributed by atoms with Crippen LogP contribution in [0.15, 0.2) is 42.9 Å². The van der Waals surface area contributed by atoms with Crippen LogP contribution in [0.2, 0.25) is 0 Å². The summed E-state index contributed by atoms with van der Waals surface area (Å²) < 4.78 is 47.5. The van der Waals surface area contributed by atoms with E-state index in [0.29, 0.717) is 49.3 Å². The summed E-state index contributed by atoms with van der Waals surface area (Å²) in [5.74, 6) is -0.0214. The van der Waals surface area contributed by atoms with Crippen LogP contribution in [0.1, 0.15) is 23.7 Å². The topological polar surface area (TPSA) is 96.2 Å². The molecular weight excluding hydrogens is 470 g/mol. The number of hydrogen-bond acceptors (Lipinski definition) is 8. The summed E-state index contributed by atoms with van der Waals surface area (Å²) in [7, 11) is 1.53. The van der Waals surface area contributed by atoms with Gasteiger partial charge in [0.05, 0.1) is 39.7 Å².